The summed E-state index contributed by atoms with van der Waals surface area (Å²) in [4.78, 5) is 1.43. The fourth-order valence-electron chi connectivity index (χ4n) is 2.31. The number of nitrogens with zero attached hydrogens (tertiary/aromatic N) is 1. The van der Waals surface area contributed by atoms with E-state index in [9.17, 15) is 8.42 Å². The number of halogens is 1. The van der Waals surface area contributed by atoms with Crippen molar-refractivity contribution in [2.75, 3.05) is 20.1 Å². The highest BCUT2D eigenvalue weighted by Gasteiger charge is 2.34. The van der Waals surface area contributed by atoms with Crippen LogP contribution in [0.2, 0.25) is 0 Å². The minimum Gasteiger partial charge on any atom is -0.315 e. The first-order valence-corrected chi connectivity index (χ1v) is 9.74. The normalized spacial score (nSPS) is 20.2. The zero-order valence-electron chi connectivity index (χ0n) is 12.1. The summed E-state index contributed by atoms with van der Waals surface area (Å²) >= 11 is 4.87. The molecule has 0 aromatic carbocycles. The summed E-state index contributed by atoms with van der Waals surface area (Å²) in [5, 5.41) is 3.05. The van der Waals surface area contributed by atoms with Crippen LogP contribution in [0.3, 0.4) is 0 Å². The lowest BCUT2D eigenvalue weighted by Gasteiger charge is -2.36. The van der Waals surface area contributed by atoms with Crippen LogP contribution < -0.4 is 5.32 Å². The quantitative estimate of drug-likeness (QED) is 0.872. The molecule has 0 bridgehead atoms. The third kappa shape index (κ3) is 3.44. The minimum absolute atomic E-state index is 0.245. The van der Waals surface area contributed by atoms with Gasteiger partial charge in [0.15, 0.2) is 0 Å². The Morgan fingerprint density at radius 3 is 2.55 bits per heavy atom. The summed E-state index contributed by atoms with van der Waals surface area (Å²) in [5.74, 6) is 0. The summed E-state index contributed by atoms with van der Waals surface area (Å²) in [6.45, 7) is 6.30. The van der Waals surface area contributed by atoms with Crippen LogP contribution in [0.4, 0.5) is 0 Å². The second-order valence-corrected chi connectivity index (χ2v) is 10.3. The number of rotatable bonds is 4. The molecule has 0 saturated carbocycles. The molecule has 1 saturated heterocycles. The van der Waals surface area contributed by atoms with Crippen molar-refractivity contribution >= 4 is 37.3 Å². The molecule has 0 unspecified atom stereocenters. The van der Waals surface area contributed by atoms with Gasteiger partial charge in [-0.05, 0) is 47.3 Å². The zero-order chi connectivity index (χ0) is 15.0. The van der Waals surface area contributed by atoms with Crippen LogP contribution in [-0.4, -0.2) is 32.9 Å². The topological polar surface area (TPSA) is 49.4 Å². The van der Waals surface area contributed by atoms with E-state index in [4.69, 9.17) is 0 Å². The van der Waals surface area contributed by atoms with Gasteiger partial charge in [0, 0.05) is 24.5 Å². The van der Waals surface area contributed by atoms with Gasteiger partial charge in [0.2, 0.25) is 10.0 Å². The molecule has 2 heterocycles. The molecular formula is C13H21BrN2O2S2. The molecule has 1 aromatic rings. The first-order chi connectivity index (χ1) is 9.26. The van der Waals surface area contributed by atoms with Crippen LogP contribution >= 0.6 is 27.3 Å². The molecule has 0 radical (unpaired) electrons. The maximum atomic E-state index is 12.7. The average Bonchev–Trinajstić information content (AvgIpc) is 2.71. The van der Waals surface area contributed by atoms with E-state index in [1.165, 1.54) is 11.3 Å². The van der Waals surface area contributed by atoms with Crippen molar-refractivity contribution < 1.29 is 8.42 Å². The first kappa shape index (κ1) is 16.4. The summed E-state index contributed by atoms with van der Waals surface area (Å²) in [6.07, 6.45) is 1.83. The van der Waals surface area contributed by atoms with Crippen LogP contribution in [0.1, 0.15) is 31.6 Å². The second-order valence-electron chi connectivity index (χ2n) is 5.95. The summed E-state index contributed by atoms with van der Waals surface area (Å²) in [7, 11) is -1.52. The molecule has 1 aromatic heterocycles. The lowest BCUT2D eigenvalue weighted by Crippen LogP contribution is -2.41. The van der Waals surface area contributed by atoms with Crippen molar-refractivity contribution in [2.45, 2.75) is 38.1 Å². The van der Waals surface area contributed by atoms with Crippen molar-refractivity contribution in [1.29, 1.82) is 0 Å². The van der Waals surface area contributed by atoms with E-state index in [1.807, 2.05) is 7.05 Å². The van der Waals surface area contributed by atoms with Crippen molar-refractivity contribution in [3.63, 3.8) is 0 Å². The van der Waals surface area contributed by atoms with Crippen molar-refractivity contribution in [1.82, 2.24) is 9.62 Å². The molecular weight excluding hydrogens is 360 g/mol. The molecule has 1 N–H and O–H groups in total. The Hall–Kier alpha value is 0.0500. The Morgan fingerprint density at radius 2 is 2.00 bits per heavy atom. The molecule has 1 fully saturated rings. The summed E-state index contributed by atoms with van der Waals surface area (Å²) < 4.78 is 27.8. The van der Waals surface area contributed by atoms with Gasteiger partial charge in [-0.15, -0.1) is 11.3 Å². The molecule has 20 heavy (non-hydrogen) atoms. The van der Waals surface area contributed by atoms with Gasteiger partial charge in [-0.1, -0.05) is 13.8 Å². The molecule has 7 heteroatoms. The molecule has 1 aliphatic heterocycles. The molecule has 2 rings (SSSR count). The highest BCUT2D eigenvalue weighted by molar-refractivity contribution is 9.11. The molecule has 114 valence electrons. The van der Waals surface area contributed by atoms with E-state index in [0.717, 1.165) is 17.7 Å². The number of nitrogens with one attached hydrogen (secondary N) is 1. The zero-order valence-corrected chi connectivity index (χ0v) is 15.3. The maximum Gasteiger partial charge on any atom is 0.245 e. The number of piperidine rings is 1. The fourth-order valence-corrected chi connectivity index (χ4v) is 6.39. The van der Waals surface area contributed by atoms with Gasteiger partial charge in [0.1, 0.15) is 4.90 Å². The molecule has 0 spiro atoms. The highest BCUT2D eigenvalue weighted by Crippen LogP contribution is 2.37. The third-order valence-corrected chi connectivity index (χ3v) is 7.90. The predicted octanol–water partition coefficient (Wildman–Crippen LogP) is 3.04. The molecule has 1 aliphatic rings. The highest BCUT2D eigenvalue weighted by atomic mass is 79.9. The largest absolute Gasteiger partial charge is 0.315 e. The Bertz CT molecular complexity index is 571. The van der Waals surface area contributed by atoms with Crippen LogP contribution in [0, 0.1) is 5.41 Å². The Morgan fingerprint density at radius 1 is 1.40 bits per heavy atom. The molecule has 0 aliphatic carbocycles. The predicted molar refractivity (Wildman–Crippen MR) is 86.6 cm³/mol. The smallest absolute Gasteiger partial charge is 0.245 e. The average molecular weight is 381 g/mol. The third-order valence-electron chi connectivity index (χ3n) is 3.75. The standard InChI is InChI=1S/C13H21BrN2O2S2/c1-13(2)4-6-16(7-5-13)20(17,18)11-8-10(9-15-3)19-12(11)14/h8,15H,4-7,9H2,1-3H3. The van der Waals surface area contributed by atoms with E-state index in [2.05, 4.69) is 35.1 Å². The van der Waals surface area contributed by atoms with Gasteiger partial charge in [-0.3, -0.25) is 0 Å². The number of hydrogen-bond donors (Lipinski definition) is 1. The van der Waals surface area contributed by atoms with Gasteiger partial charge in [0.25, 0.3) is 0 Å². The first-order valence-electron chi connectivity index (χ1n) is 6.69. The van der Waals surface area contributed by atoms with E-state index >= 15 is 0 Å². The molecule has 4 nitrogen and oxygen atoms in total. The van der Waals surface area contributed by atoms with Crippen LogP contribution in [0.15, 0.2) is 14.7 Å². The summed E-state index contributed by atoms with van der Waals surface area (Å²) in [6, 6.07) is 1.78. The second kappa shape index (κ2) is 6.04. The van der Waals surface area contributed by atoms with Crippen molar-refractivity contribution in [3.8, 4) is 0 Å². The van der Waals surface area contributed by atoms with Crippen LogP contribution in [0.25, 0.3) is 0 Å². The van der Waals surface area contributed by atoms with Crippen LogP contribution in [-0.2, 0) is 16.6 Å². The maximum absolute atomic E-state index is 12.7. The number of sulfonamides is 1. The fraction of sp³-hybridized carbons (Fsp3) is 0.692. The summed E-state index contributed by atoms with van der Waals surface area (Å²) in [5.41, 5.74) is 0.245. The van der Waals surface area contributed by atoms with Gasteiger partial charge < -0.3 is 5.32 Å². The minimum atomic E-state index is -3.37. The number of thiophene rings is 1. The molecule has 0 atom stereocenters. The van der Waals surface area contributed by atoms with Crippen molar-refractivity contribution in [2.24, 2.45) is 5.41 Å². The number of hydrogen-bond acceptors (Lipinski definition) is 4. The van der Waals surface area contributed by atoms with E-state index in [-0.39, 0.29) is 5.41 Å². The Labute approximate surface area is 133 Å². The van der Waals surface area contributed by atoms with E-state index in [0.29, 0.717) is 28.3 Å². The van der Waals surface area contributed by atoms with Crippen molar-refractivity contribution in [3.05, 3.63) is 14.7 Å². The lowest BCUT2D eigenvalue weighted by molar-refractivity contribution is 0.196. The van der Waals surface area contributed by atoms with E-state index in [1.54, 1.807) is 10.4 Å². The van der Waals surface area contributed by atoms with Gasteiger partial charge >= 0.3 is 0 Å². The van der Waals surface area contributed by atoms with Gasteiger partial charge in [0.05, 0.1) is 3.79 Å². The monoisotopic (exact) mass is 380 g/mol. The van der Waals surface area contributed by atoms with E-state index < -0.39 is 10.0 Å². The Kier molecular flexibility index (Phi) is 4.96. The lowest BCUT2D eigenvalue weighted by atomic mass is 9.83. The van der Waals surface area contributed by atoms with Gasteiger partial charge in [-0.2, -0.15) is 4.31 Å². The molecule has 0 amide bonds. The van der Waals surface area contributed by atoms with Gasteiger partial charge in [-0.25, -0.2) is 8.42 Å². The van der Waals surface area contributed by atoms with Crippen LogP contribution in [0.5, 0.6) is 0 Å². The Balaban J connectivity index is 2.22. The SMILES string of the molecule is CNCc1cc(S(=O)(=O)N2CCC(C)(C)CC2)c(Br)s1.